The number of aromatic hydroxyl groups is 1. The molecule has 1 atom stereocenters. The molecule has 10 heavy (non-hydrogen) atoms. The van der Waals surface area contributed by atoms with E-state index in [4.69, 9.17) is 5.11 Å². The molecule has 0 saturated heterocycles. The molecule has 0 radical (unpaired) electrons. The maximum atomic E-state index is 10.8. The van der Waals surface area contributed by atoms with Crippen molar-refractivity contribution in [3.05, 3.63) is 24.3 Å². The highest BCUT2D eigenvalue weighted by Gasteiger charge is 2.00. The second kappa shape index (κ2) is 2.84. The van der Waals surface area contributed by atoms with Crippen LogP contribution < -0.4 is 0 Å². The Kier molecular flexibility index (Phi) is 2.06. The summed E-state index contributed by atoms with van der Waals surface area (Å²) in [6, 6.07) is 6.62. The number of phenolic OH excluding ortho intramolecular Hbond substituents is 1. The molecule has 0 saturated carbocycles. The number of para-hydroxylation sites is 1. The van der Waals surface area contributed by atoms with E-state index in [2.05, 4.69) is 0 Å². The summed E-state index contributed by atoms with van der Waals surface area (Å²) in [5.74, 6) is 0.100. The van der Waals surface area contributed by atoms with E-state index in [1.165, 1.54) is 12.3 Å². The van der Waals surface area contributed by atoms with Crippen molar-refractivity contribution in [3.63, 3.8) is 0 Å². The monoisotopic (exact) mass is 156 g/mol. The van der Waals surface area contributed by atoms with Gasteiger partial charge in [-0.3, -0.25) is 4.21 Å². The Morgan fingerprint density at radius 3 is 2.40 bits per heavy atom. The zero-order chi connectivity index (χ0) is 7.56. The topological polar surface area (TPSA) is 37.3 Å². The van der Waals surface area contributed by atoms with Gasteiger partial charge in [-0.2, -0.15) is 0 Å². The van der Waals surface area contributed by atoms with Crippen LogP contribution in [0.2, 0.25) is 0 Å². The molecule has 0 bridgehead atoms. The zero-order valence-corrected chi connectivity index (χ0v) is 6.39. The van der Waals surface area contributed by atoms with E-state index < -0.39 is 10.8 Å². The van der Waals surface area contributed by atoms with Gasteiger partial charge in [-0.05, 0) is 12.1 Å². The maximum absolute atomic E-state index is 10.8. The molecule has 0 aromatic heterocycles. The Morgan fingerprint density at radius 2 is 2.00 bits per heavy atom. The number of benzene rings is 1. The Hall–Kier alpha value is -0.830. The highest BCUT2D eigenvalue weighted by atomic mass is 32.2. The van der Waals surface area contributed by atoms with Crippen molar-refractivity contribution in [1.29, 1.82) is 0 Å². The van der Waals surface area contributed by atoms with Crippen LogP contribution in [-0.4, -0.2) is 15.6 Å². The summed E-state index contributed by atoms with van der Waals surface area (Å²) >= 11 is 0. The van der Waals surface area contributed by atoms with E-state index >= 15 is 0 Å². The van der Waals surface area contributed by atoms with E-state index in [1.54, 1.807) is 18.2 Å². The van der Waals surface area contributed by atoms with Gasteiger partial charge < -0.3 is 5.11 Å². The zero-order valence-electron chi connectivity index (χ0n) is 5.57. The minimum atomic E-state index is -1.09. The molecule has 3 heteroatoms. The Balaban J connectivity index is 3.15. The molecule has 0 spiro atoms. The van der Waals surface area contributed by atoms with E-state index in [9.17, 15) is 4.21 Å². The van der Waals surface area contributed by atoms with Crippen LogP contribution in [0, 0.1) is 0 Å². The van der Waals surface area contributed by atoms with E-state index in [1.807, 2.05) is 0 Å². The quantitative estimate of drug-likeness (QED) is 0.661. The highest BCUT2D eigenvalue weighted by molar-refractivity contribution is 7.84. The number of rotatable bonds is 1. The highest BCUT2D eigenvalue weighted by Crippen LogP contribution is 2.17. The summed E-state index contributed by atoms with van der Waals surface area (Å²) in [6.07, 6.45) is 1.54. The lowest BCUT2D eigenvalue weighted by molar-refractivity contribution is 0.461. The average molecular weight is 156 g/mol. The molecule has 0 heterocycles. The fraction of sp³-hybridized carbons (Fsp3) is 0.143. The summed E-state index contributed by atoms with van der Waals surface area (Å²) in [7, 11) is -1.09. The first-order valence-electron chi connectivity index (χ1n) is 2.83. The predicted molar refractivity (Wildman–Crippen MR) is 40.4 cm³/mol. The number of phenols is 1. The van der Waals surface area contributed by atoms with Crippen molar-refractivity contribution in [3.8, 4) is 5.75 Å². The van der Waals surface area contributed by atoms with Crippen LogP contribution in [0.1, 0.15) is 0 Å². The predicted octanol–water partition coefficient (Wildman–Crippen LogP) is 1.13. The lowest BCUT2D eigenvalue weighted by Crippen LogP contribution is -1.86. The molecule has 2 nitrogen and oxygen atoms in total. The summed E-state index contributed by atoms with van der Waals surface area (Å²) in [6.45, 7) is 0. The first kappa shape index (κ1) is 7.28. The van der Waals surface area contributed by atoms with Gasteiger partial charge in [0.05, 0.1) is 15.7 Å². The number of hydrogen-bond acceptors (Lipinski definition) is 2. The van der Waals surface area contributed by atoms with E-state index in [0.717, 1.165) is 0 Å². The van der Waals surface area contributed by atoms with Gasteiger partial charge in [0, 0.05) is 6.26 Å². The molecule has 1 rings (SSSR count). The van der Waals surface area contributed by atoms with Crippen molar-refractivity contribution in [2.24, 2.45) is 0 Å². The molecule has 1 N–H and O–H groups in total. The summed E-state index contributed by atoms with van der Waals surface area (Å²) in [5.41, 5.74) is 0. The van der Waals surface area contributed by atoms with Crippen LogP contribution in [0.25, 0.3) is 0 Å². The van der Waals surface area contributed by atoms with Gasteiger partial charge in [0.25, 0.3) is 0 Å². The minimum Gasteiger partial charge on any atom is -0.507 e. The smallest absolute Gasteiger partial charge is 0.131 e. The Bertz CT molecular complexity index is 258. The van der Waals surface area contributed by atoms with Gasteiger partial charge in [-0.15, -0.1) is 0 Å². The summed E-state index contributed by atoms with van der Waals surface area (Å²) in [4.78, 5) is 0.488. The molecule has 1 aromatic rings. The van der Waals surface area contributed by atoms with E-state index in [0.29, 0.717) is 4.90 Å². The molecule has 0 amide bonds. The lowest BCUT2D eigenvalue weighted by atomic mass is 10.3. The largest absolute Gasteiger partial charge is 0.507 e. The number of hydrogen-bond donors (Lipinski definition) is 1. The molecule has 0 aliphatic heterocycles. The second-order valence-electron chi connectivity index (χ2n) is 1.92. The van der Waals surface area contributed by atoms with Gasteiger partial charge in [0.1, 0.15) is 5.75 Å². The van der Waals surface area contributed by atoms with Gasteiger partial charge in [0.15, 0.2) is 0 Å². The third-order valence-corrected chi connectivity index (χ3v) is 2.14. The van der Waals surface area contributed by atoms with Gasteiger partial charge in [-0.1, -0.05) is 12.1 Å². The van der Waals surface area contributed by atoms with Crippen molar-refractivity contribution in [1.82, 2.24) is 0 Å². The summed E-state index contributed by atoms with van der Waals surface area (Å²) < 4.78 is 10.8. The van der Waals surface area contributed by atoms with Gasteiger partial charge in [-0.25, -0.2) is 0 Å². The molecule has 0 aliphatic carbocycles. The fourth-order valence-corrected chi connectivity index (χ4v) is 1.33. The summed E-state index contributed by atoms with van der Waals surface area (Å²) in [5, 5.41) is 9.09. The maximum Gasteiger partial charge on any atom is 0.131 e. The first-order chi connectivity index (χ1) is 4.72. The van der Waals surface area contributed by atoms with Crippen molar-refractivity contribution in [2.45, 2.75) is 4.90 Å². The van der Waals surface area contributed by atoms with Crippen molar-refractivity contribution in [2.75, 3.05) is 6.26 Å². The van der Waals surface area contributed by atoms with Crippen LogP contribution in [0.3, 0.4) is 0 Å². The molecular weight excluding hydrogens is 148 g/mol. The van der Waals surface area contributed by atoms with Crippen LogP contribution >= 0.6 is 0 Å². The van der Waals surface area contributed by atoms with Crippen LogP contribution in [0.5, 0.6) is 5.75 Å². The van der Waals surface area contributed by atoms with Crippen LogP contribution in [-0.2, 0) is 10.8 Å². The van der Waals surface area contributed by atoms with Crippen LogP contribution in [0.4, 0.5) is 0 Å². The SMILES string of the molecule is C[S@@](=O)c1ccccc1O. The molecule has 0 unspecified atom stereocenters. The molecular formula is C7H8O2S. The average Bonchev–Trinajstić information content (AvgIpc) is 1.88. The molecule has 0 fully saturated rings. The first-order valence-corrected chi connectivity index (χ1v) is 4.39. The second-order valence-corrected chi connectivity index (χ2v) is 3.27. The third-order valence-electron chi connectivity index (χ3n) is 1.17. The Labute approximate surface area is 62.0 Å². The fourth-order valence-electron chi connectivity index (χ4n) is 0.700. The Morgan fingerprint density at radius 1 is 1.40 bits per heavy atom. The van der Waals surface area contributed by atoms with Gasteiger partial charge >= 0.3 is 0 Å². The third kappa shape index (κ3) is 1.36. The van der Waals surface area contributed by atoms with Crippen LogP contribution in [0.15, 0.2) is 29.2 Å². The normalized spacial score (nSPS) is 12.9. The molecule has 54 valence electrons. The molecule has 1 aromatic carbocycles. The minimum absolute atomic E-state index is 0.100. The lowest BCUT2D eigenvalue weighted by Gasteiger charge is -1.97. The molecule has 0 aliphatic rings. The van der Waals surface area contributed by atoms with E-state index in [-0.39, 0.29) is 5.75 Å². The standard InChI is InChI=1S/C7H8O2S/c1-10(9)7-5-3-2-4-6(7)8/h2-5,8H,1H3/t10-/m1/s1. The van der Waals surface area contributed by atoms with Gasteiger partial charge in [0.2, 0.25) is 0 Å². The van der Waals surface area contributed by atoms with Crippen molar-refractivity contribution < 1.29 is 9.32 Å². The van der Waals surface area contributed by atoms with Crippen molar-refractivity contribution >= 4 is 10.8 Å².